The molecule has 0 spiro atoms. The van der Waals surface area contributed by atoms with Gasteiger partial charge in [0.2, 0.25) is 4.77 Å². The number of ether oxygens (including phenoxy) is 1. The van der Waals surface area contributed by atoms with Crippen molar-refractivity contribution in [3.05, 3.63) is 76.6 Å². The Labute approximate surface area is 161 Å². The molecule has 0 amide bonds. The first-order chi connectivity index (χ1) is 13.2. The average molecular weight is 374 g/mol. The molecule has 0 bridgehead atoms. The van der Waals surface area contributed by atoms with Gasteiger partial charge in [-0.2, -0.15) is 14.9 Å². The first-order valence-electron chi connectivity index (χ1n) is 8.52. The van der Waals surface area contributed by atoms with Crippen LogP contribution in [0, 0.1) is 11.7 Å². The minimum atomic E-state index is 0.432. The molecule has 6 heteroatoms. The second kappa shape index (κ2) is 7.17. The number of H-pyrrole nitrogens is 1. The number of benzene rings is 3. The van der Waals surface area contributed by atoms with Crippen molar-refractivity contribution in [3.63, 3.8) is 0 Å². The van der Waals surface area contributed by atoms with Crippen LogP contribution in [0.1, 0.15) is 11.1 Å². The maximum Gasteiger partial charge on any atom is 0.216 e. The normalized spacial score (nSPS) is 11.3. The van der Waals surface area contributed by atoms with Gasteiger partial charge in [-0.05, 0) is 36.0 Å². The Balaban J connectivity index is 1.83. The second-order valence-corrected chi connectivity index (χ2v) is 6.56. The average Bonchev–Trinajstić information content (AvgIpc) is 3.07. The van der Waals surface area contributed by atoms with E-state index in [-0.39, 0.29) is 0 Å². The summed E-state index contributed by atoms with van der Waals surface area (Å²) in [6.45, 7) is 2.05. The van der Waals surface area contributed by atoms with Crippen LogP contribution in [0.2, 0.25) is 0 Å². The van der Waals surface area contributed by atoms with Crippen molar-refractivity contribution in [1.29, 1.82) is 0 Å². The van der Waals surface area contributed by atoms with Gasteiger partial charge in [0.25, 0.3) is 0 Å². The molecule has 0 aliphatic rings. The van der Waals surface area contributed by atoms with E-state index in [1.54, 1.807) is 18.0 Å². The minimum absolute atomic E-state index is 0.432. The molecule has 0 fully saturated rings. The van der Waals surface area contributed by atoms with Crippen molar-refractivity contribution in [2.24, 2.45) is 5.10 Å². The van der Waals surface area contributed by atoms with Crippen LogP contribution in [0.5, 0.6) is 5.75 Å². The van der Waals surface area contributed by atoms with Crippen LogP contribution in [0.4, 0.5) is 0 Å². The standard InChI is InChI=1S/C21H18N4OS/c1-14-7-9-16(10-8-14)20-23-24-21(27)25(20)22-13-18-17-6-4-3-5-15(17)11-12-19(18)26-2/h3-13H,1-2H3,(H,24,27)/b22-13+. The quantitative estimate of drug-likeness (QED) is 0.406. The fraction of sp³-hybridized carbons (Fsp3) is 0.0952. The molecule has 134 valence electrons. The number of aryl methyl sites for hydroxylation is 1. The van der Waals surface area contributed by atoms with Gasteiger partial charge >= 0.3 is 0 Å². The van der Waals surface area contributed by atoms with Gasteiger partial charge in [-0.3, -0.25) is 0 Å². The van der Waals surface area contributed by atoms with Crippen molar-refractivity contribution in [2.75, 3.05) is 7.11 Å². The molecule has 0 aliphatic carbocycles. The van der Waals surface area contributed by atoms with Crippen molar-refractivity contribution in [1.82, 2.24) is 14.9 Å². The topological polar surface area (TPSA) is 55.2 Å². The Kier molecular flexibility index (Phi) is 4.56. The molecular weight excluding hydrogens is 356 g/mol. The summed E-state index contributed by atoms with van der Waals surface area (Å²) in [5.74, 6) is 1.42. The smallest absolute Gasteiger partial charge is 0.216 e. The summed E-state index contributed by atoms with van der Waals surface area (Å²) in [7, 11) is 1.66. The lowest BCUT2D eigenvalue weighted by molar-refractivity contribution is 0.415. The summed E-state index contributed by atoms with van der Waals surface area (Å²) in [5, 5.41) is 13.9. The molecule has 4 rings (SSSR count). The van der Waals surface area contributed by atoms with Crippen molar-refractivity contribution < 1.29 is 4.74 Å². The molecule has 1 N–H and O–H groups in total. The van der Waals surface area contributed by atoms with E-state index < -0.39 is 0 Å². The molecule has 0 aliphatic heterocycles. The molecule has 5 nitrogen and oxygen atoms in total. The molecule has 0 saturated heterocycles. The first-order valence-corrected chi connectivity index (χ1v) is 8.93. The Morgan fingerprint density at radius 2 is 1.85 bits per heavy atom. The van der Waals surface area contributed by atoms with Crippen LogP contribution in [0.25, 0.3) is 22.2 Å². The van der Waals surface area contributed by atoms with Crippen molar-refractivity contribution in [2.45, 2.75) is 6.92 Å². The van der Waals surface area contributed by atoms with E-state index in [4.69, 9.17) is 17.0 Å². The number of aromatic nitrogens is 3. The molecule has 0 radical (unpaired) electrons. The summed E-state index contributed by atoms with van der Waals surface area (Å²) >= 11 is 5.37. The van der Waals surface area contributed by atoms with Gasteiger partial charge < -0.3 is 4.74 Å². The van der Waals surface area contributed by atoms with Gasteiger partial charge in [-0.15, -0.1) is 0 Å². The van der Waals surface area contributed by atoms with E-state index in [0.717, 1.165) is 27.6 Å². The molecule has 4 aromatic rings. The Bertz CT molecular complexity index is 1190. The molecule has 1 aromatic heterocycles. The number of nitrogens with one attached hydrogen (secondary N) is 1. The van der Waals surface area contributed by atoms with Crippen LogP contribution in [0.3, 0.4) is 0 Å². The number of hydrogen-bond acceptors (Lipinski definition) is 4. The van der Waals surface area contributed by atoms with Crippen LogP contribution in [-0.4, -0.2) is 28.2 Å². The fourth-order valence-electron chi connectivity index (χ4n) is 2.99. The fourth-order valence-corrected chi connectivity index (χ4v) is 3.17. The number of fused-ring (bicyclic) bond motifs is 1. The predicted molar refractivity (Wildman–Crippen MR) is 111 cm³/mol. The van der Waals surface area contributed by atoms with Crippen LogP contribution < -0.4 is 4.74 Å². The lowest BCUT2D eigenvalue weighted by Crippen LogP contribution is -1.97. The lowest BCUT2D eigenvalue weighted by Gasteiger charge is -2.08. The van der Waals surface area contributed by atoms with E-state index >= 15 is 0 Å². The van der Waals surface area contributed by atoms with Crippen molar-refractivity contribution >= 4 is 29.2 Å². The Morgan fingerprint density at radius 3 is 2.63 bits per heavy atom. The first kappa shape index (κ1) is 17.2. The highest BCUT2D eigenvalue weighted by Gasteiger charge is 2.10. The highest BCUT2D eigenvalue weighted by atomic mass is 32.1. The number of methoxy groups -OCH3 is 1. The van der Waals surface area contributed by atoms with E-state index in [1.807, 2.05) is 55.5 Å². The number of nitrogens with zero attached hydrogens (tertiary/aromatic N) is 3. The molecular formula is C21H18N4OS. The SMILES string of the molecule is COc1ccc2ccccc2c1/C=N/n1c(-c2ccc(C)cc2)n[nH]c1=S. The lowest BCUT2D eigenvalue weighted by atomic mass is 10.0. The third kappa shape index (κ3) is 3.27. The number of rotatable bonds is 4. The molecule has 27 heavy (non-hydrogen) atoms. The Hall–Kier alpha value is -3.25. The van der Waals surface area contributed by atoms with E-state index in [2.05, 4.69) is 27.4 Å². The molecule has 0 atom stereocenters. The summed E-state index contributed by atoms with van der Waals surface area (Å²) in [4.78, 5) is 0. The van der Waals surface area contributed by atoms with Gasteiger partial charge in [-0.25, -0.2) is 5.10 Å². The van der Waals surface area contributed by atoms with Crippen molar-refractivity contribution in [3.8, 4) is 17.1 Å². The Morgan fingerprint density at radius 1 is 1.07 bits per heavy atom. The molecule has 1 heterocycles. The summed E-state index contributed by atoms with van der Waals surface area (Å²) in [6, 6.07) is 20.2. The van der Waals surface area contributed by atoms with Gasteiger partial charge in [0, 0.05) is 11.1 Å². The zero-order valence-corrected chi connectivity index (χ0v) is 15.8. The maximum atomic E-state index is 5.53. The monoisotopic (exact) mass is 374 g/mol. The molecule has 0 unspecified atom stereocenters. The van der Waals surface area contributed by atoms with Crippen LogP contribution >= 0.6 is 12.2 Å². The highest BCUT2D eigenvalue weighted by Crippen LogP contribution is 2.26. The van der Waals surface area contributed by atoms with Gasteiger partial charge in [0.15, 0.2) is 5.82 Å². The third-order valence-corrected chi connectivity index (χ3v) is 4.68. The van der Waals surface area contributed by atoms with E-state index in [0.29, 0.717) is 10.6 Å². The zero-order chi connectivity index (χ0) is 18.8. The number of aromatic amines is 1. The van der Waals surface area contributed by atoms with Gasteiger partial charge in [0.05, 0.1) is 13.3 Å². The maximum absolute atomic E-state index is 5.53. The number of hydrogen-bond donors (Lipinski definition) is 1. The molecule has 3 aromatic carbocycles. The zero-order valence-electron chi connectivity index (χ0n) is 15.0. The van der Waals surface area contributed by atoms with Gasteiger partial charge in [-0.1, -0.05) is 60.2 Å². The second-order valence-electron chi connectivity index (χ2n) is 6.18. The van der Waals surface area contributed by atoms with Crippen LogP contribution in [0.15, 0.2) is 65.8 Å². The summed E-state index contributed by atoms with van der Waals surface area (Å²) in [5.41, 5.74) is 3.02. The van der Waals surface area contributed by atoms with Gasteiger partial charge in [0.1, 0.15) is 5.75 Å². The summed E-state index contributed by atoms with van der Waals surface area (Å²) in [6.07, 6.45) is 1.77. The van der Waals surface area contributed by atoms with Crippen LogP contribution in [-0.2, 0) is 0 Å². The van der Waals surface area contributed by atoms with E-state index in [9.17, 15) is 0 Å². The highest BCUT2D eigenvalue weighted by molar-refractivity contribution is 7.71. The van der Waals surface area contributed by atoms with E-state index in [1.165, 1.54) is 5.56 Å². The summed E-state index contributed by atoms with van der Waals surface area (Å²) < 4.78 is 7.59. The third-order valence-electron chi connectivity index (χ3n) is 4.41. The predicted octanol–water partition coefficient (Wildman–Crippen LogP) is 4.96. The largest absolute Gasteiger partial charge is 0.496 e. The molecule has 0 saturated carbocycles. The minimum Gasteiger partial charge on any atom is -0.496 e.